The molecule has 0 aliphatic carbocycles. The summed E-state index contributed by atoms with van der Waals surface area (Å²) in [5.74, 6) is 0.545. The average molecular weight is 408 g/mol. The fourth-order valence-corrected chi connectivity index (χ4v) is 3.39. The Kier molecular flexibility index (Phi) is 4.71. The molecule has 4 rings (SSSR count). The number of amides is 1. The van der Waals surface area contributed by atoms with Crippen molar-refractivity contribution in [3.63, 3.8) is 0 Å². The summed E-state index contributed by atoms with van der Waals surface area (Å²) in [4.78, 5) is 25.8. The molecule has 0 unspecified atom stereocenters. The number of carbonyl (C=O) groups excluding carboxylic acids is 1. The molecule has 9 nitrogen and oxygen atoms in total. The lowest BCUT2D eigenvalue weighted by atomic mass is 9.92. The van der Waals surface area contributed by atoms with Crippen molar-refractivity contribution in [1.29, 1.82) is 0 Å². The van der Waals surface area contributed by atoms with Gasteiger partial charge in [0.2, 0.25) is 0 Å². The van der Waals surface area contributed by atoms with Gasteiger partial charge in [0.15, 0.2) is 0 Å². The molecule has 0 fully saturated rings. The normalized spacial score (nSPS) is 11.6. The van der Waals surface area contributed by atoms with E-state index in [9.17, 15) is 4.79 Å². The second-order valence-corrected chi connectivity index (χ2v) is 8.38. The van der Waals surface area contributed by atoms with E-state index >= 15 is 0 Å². The second kappa shape index (κ2) is 7.21. The largest absolute Gasteiger partial charge is 0.305 e. The van der Waals surface area contributed by atoms with E-state index in [4.69, 9.17) is 0 Å². The van der Waals surface area contributed by atoms with Crippen molar-refractivity contribution in [2.24, 2.45) is 7.05 Å². The zero-order valence-corrected chi connectivity index (χ0v) is 17.3. The molecule has 4 heterocycles. The average Bonchev–Trinajstić information content (AvgIpc) is 3.40. The zero-order valence-electron chi connectivity index (χ0n) is 16.5. The van der Waals surface area contributed by atoms with Gasteiger partial charge in [0.1, 0.15) is 16.5 Å². The maximum Gasteiger partial charge on any atom is 0.276 e. The maximum absolute atomic E-state index is 12.8. The SMILES string of the molecule is Cn1cc(-c2nc(C(=O)Nc3cc(C(C)(C)C)nn3-c3ncccn3)cs2)cn1. The summed E-state index contributed by atoms with van der Waals surface area (Å²) < 4.78 is 3.23. The Labute approximate surface area is 171 Å². The molecule has 0 aromatic carbocycles. The molecule has 4 aromatic heterocycles. The predicted molar refractivity (Wildman–Crippen MR) is 110 cm³/mol. The number of nitrogens with zero attached hydrogens (tertiary/aromatic N) is 7. The van der Waals surface area contributed by atoms with E-state index in [1.807, 2.05) is 19.3 Å². The summed E-state index contributed by atoms with van der Waals surface area (Å²) in [6, 6.07) is 3.56. The van der Waals surface area contributed by atoms with Gasteiger partial charge < -0.3 is 5.32 Å². The monoisotopic (exact) mass is 408 g/mol. The van der Waals surface area contributed by atoms with Crippen molar-refractivity contribution in [3.05, 3.63) is 53.7 Å². The van der Waals surface area contributed by atoms with Crippen LogP contribution in [0.4, 0.5) is 5.82 Å². The third-order valence-corrected chi connectivity index (χ3v) is 5.04. The topological polar surface area (TPSA) is 103 Å². The predicted octanol–water partition coefficient (Wildman–Crippen LogP) is 3.07. The Hall–Kier alpha value is -3.40. The molecule has 0 saturated heterocycles. The van der Waals surface area contributed by atoms with Crippen LogP contribution in [-0.2, 0) is 12.5 Å². The Morgan fingerprint density at radius 3 is 2.62 bits per heavy atom. The van der Waals surface area contributed by atoms with Gasteiger partial charge in [-0.15, -0.1) is 11.3 Å². The van der Waals surface area contributed by atoms with Gasteiger partial charge in [0.25, 0.3) is 11.9 Å². The first-order chi connectivity index (χ1) is 13.8. The molecular weight excluding hydrogens is 388 g/mol. The number of aromatic nitrogens is 7. The number of hydrogen-bond donors (Lipinski definition) is 1. The quantitative estimate of drug-likeness (QED) is 0.557. The lowest BCUT2D eigenvalue weighted by Crippen LogP contribution is -2.16. The van der Waals surface area contributed by atoms with E-state index in [1.54, 1.807) is 34.7 Å². The molecule has 1 N–H and O–H groups in total. The van der Waals surface area contributed by atoms with Crippen LogP contribution in [0, 0.1) is 0 Å². The summed E-state index contributed by atoms with van der Waals surface area (Å²) in [5, 5.41) is 14.1. The number of aryl methyl sites for hydroxylation is 1. The summed E-state index contributed by atoms with van der Waals surface area (Å²) >= 11 is 1.39. The molecule has 1 amide bonds. The maximum atomic E-state index is 12.8. The van der Waals surface area contributed by atoms with Gasteiger partial charge in [0.05, 0.1) is 11.9 Å². The molecule has 4 aromatic rings. The van der Waals surface area contributed by atoms with E-state index in [0.29, 0.717) is 17.5 Å². The molecule has 10 heteroatoms. The Bertz CT molecular complexity index is 1150. The Morgan fingerprint density at radius 2 is 1.97 bits per heavy atom. The van der Waals surface area contributed by atoms with Crippen LogP contribution in [0.2, 0.25) is 0 Å². The van der Waals surface area contributed by atoms with E-state index in [0.717, 1.165) is 16.3 Å². The summed E-state index contributed by atoms with van der Waals surface area (Å²) in [7, 11) is 1.84. The van der Waals surface area contributed by atoms with Crippen molar-refractivity contribution in [3.8, 4) is 16.5 Å². The van der Waals surface area contributed by atoms with Crippen LogP contribution >= 0.6 is 11.3 Å². The highest BCUT2D eigenvalue weighted by molar-refractivity contribution is 7.13. The highest BCUT2D eigenvalue weighted by Crippen LogP contribution is 2.27. The Morgan fingerprint density at radius 1 is 1.21 bits per heavy atom. The molecule has 0 spiro atoms. The van der Waals surface area contributed by atoms with Crippen molar-refractivity contribution >= 4 is 23.1 Å². The Balaban J connectivity index is 1.64. The van der Waals surface area contributed by atoms with E-state index in [1.165, 1.54) is 16.0 Å². The summed E-state index contributed by atoms with van der Waals surface area (Å²) in [6.07, 6.45) is 6.84. The number of anilines is 1. The minimum atomic E-state index is -0.325. The number of thiazole rings is 1. The van der Waals surface area contributed by atoms with Crippen LogP contribution in [0.5, 0.6) is 0 Å². The molecule has 29 heavy (non-hydrogen) atoms. The lowest BCUT2D eigenvalue weighted by Gasteiger charge is -2.13. The minimum Gasteiger partial charge on any atom is -0.305 e. The smallest absolute Gasteiger partial charge is 0.276 e. The van der Waals surface area contributed by atoms with Gasteiger partial charge in [-0.3, -0.25) is 9.48 Å². The standard InChI is InChI=1S/C19H20N8OS/c1-19(2,3)14-8-15(27(25-14)18-20-6-5-7-21-18)24-16(28)13-11-29-17(23-13)12-9-22-26(4)10-12/h5-11H,1-4H3,(H,24,28). The lowest BCUT2D eigenvalue weighted by molar-refractivity contribution is 0.102. The first-order valence-corrected chi connectivity index (χ1v) is 9.83. The molecule has 0 saturated carbocycles. The number of nitrogens with one attached hydrogen (secondary N) is 1. The van der Waals surface area contributed by atoms with Crippen LogP contribution in [0.15, 0.2) is 42.3 Å². The number of hydrogen-bond acceptors (Lipinski definition) is 7. The van der Waals surface area contributed by atoms with Crippen LogP contribution in [-0.4, -0.2) is 40.4 Å². The van der Waals surface area contributed by atoms with Crippen LogP contribution < -0.4 is 5.32 Å². The fraction of sp³-hybridized carbons (Fsp3) is 0.263. The van der Waals surface area contributed by atoms with E-state index in [2.05, 4.69) is 51.2 Å². The van der Waals surface area contributed by atoms with Crippen molar-refractivity contribution in [1.82, 2.24) is 34.5 Å². The fourth-order valence-electron chi connectivity index (χ4n) is 2.61. The number of carbonyl (C=O) groups is 1. The second-order valence-electron chi connectivity index (χ2n) is 7.52. The van der Waals surface area contributed by atoms with Crippen LogP contribution in [0.25, 0.3) is 16.5 Å². The van der Waals surface area contributed by atoms with E-state index in [-0.39, 0.29) is 11.3 Å². The van der Waals surface area contributed by atoms with Crippen molar-refractivity contribution in [2.75, 3.05) is 5.32 Å². The third-order valence-electron chi connectivity index (χ3n) is 4.15. The third kappa shape index (κ3) is 3.92. The molecule has 0 aliphatic heterocycles. The van der Waals surface area contributed by atoms with E-state index < -0.39 is 0 Å². The molecule has 148 valence electrons. The highest BCUT2D eigenvalue weighted by atomic mass is 32.1. The van der Waals surface area contributed by atoms with Gasteiger partial charge in [-0.2, -0.15) is 14.9 Å². The molecule has 0 aliphatic rings. The first-order valence-electron chi connectivity index (χ1n) is 8.95. The van der Waals surface area contributed by atoms with Crippen molar-refractivity contribution < 1.29 is 4.79 Å². The highest BCUT2D eigenvalue weighted by Gasteiger charge is 2.23. The van der Waals surface area contributed by atoms with Gasteiger partial charge in [-0.1, -0.05) is 20.8 Å². The molecule has 0 bridgehead atoms. The molecule has 0 atom stereocenters. The summed E-state index contributed by atoms with van der Waals surface area (Å²) in [6.45, 7) is 6.16. The summed E-state index contributed by atoms with van der Waals surface area (Å²) in [5.41, 5.74) is 1.81. The van der Waals surface area contributed by atoms with Crippen LogP contribution in [0.1, 0.15) is 37.0 Å². The van der Waals surface area contributed by atoms with Crippen LogP contribution in [0.3, 0.4) is 0 Å². The number of rotatable bonds is 4. The van der Waals surface area contributed by atoms with Gasteiger partial charge in [-0.05, 0) is 6.07 Å². The minimum absolute atomic E-state index is 0.201. The molecular formula is C19H20N8OS. The first kappa shape index (κ1) is 18.9. The van der Waals surface area contributed by atoms with Gasteiger partial charge >= 0.3 is 0 Å². The molecule has 0 radical (unpaired) electrons. The van der Waals surface area contributed by atoms with Crippen molar-refractivity contribution in [2.45, 2.75) is 26.2 Å². The van der Waals surface area contributed by atoms with Gasteiger partial charge in [-0.25, -0.2) is 15.0 Å². The van der Waals surface area contributed by atoms with Gasteiger partial charge in [0, 0.05) is 48.1 Å². The zero-order chi connectivity index (χ0) is 20.6.